The van der Waals surface area contributed by atoms with E-state index in [1.807, 2.05) is 12.1 Å². The van der Waals surface area contributed by atoms with Gasteiger partial charge in [-0.15, -0.1) is 6.42 Å². The minimum absolute atomic E-state index is 0.548. The van der Waals surface area contributed by atoms with Crippen molar-refractivity contribution in [3.05, 3.63) is 35.4 Å². The fourth-order valence-electron chi connectivity index (χ4n) is 1.19. The van der Waals surface area contributed by atoms with E-state index < -0.39 is 0 Å². The van der Waals surface area contributed by atoms with Crippen LogP contribution in [-0.4, -0.2) is 5.75 Å². The Bertz CT molecular complexity index is 413. The van der Waals surface area contributed by atoms with Crippen LogP contribution in [0.5, 0.6) is 0 Å². The molecule has 0 aromatic heterocycles. The molecule has 0 unspecified atom stereocenters. The lowest BCUT2D eigenvalue weighted by molar-refractivity contribution is 0.866. The molecular formula is C14H14S. The summed E-state index contributed by atoms with van der Waals surface area (Å²) in [6, 6.07) is 8.34. The first kappa shape index (κ1) is 11.8. The molecule has 0 atom stereocenters. The molecule has 1 aromatic rings. The highest BCUT2D eigenvalue weighted by Crippen LogP contribution is 2.14. The Morgan fingerprint density at radius 2 is 2.20 bits per heavy atom. The molecule has 1 heteroatoms. The Kier molecular flexibility index (Phi) is 4.88. The zero-order valence-electron chi connectivity index (χ0n) is 9.08. The minimum atomic E-state index is 0.548. The van der Waals surface area contributed by atoms with Gasteiger partial charge >= 0.3 is 0 Å². The molecule has 0 saturated carbocycles. The summed E-state index contributed by atoms with van der Waals surface area (Å²) in [5.74, 6) is 7.39. The first-order valence-corrected chi connectivity index (χ1v) is 5.89. The van der Waals surface area contributed by atoms with Crippen molar-refractivity contribution in [3.8, 4) is 23.5 Å². The molecule has 76 valence electrons. The van der Waals surface area contributed by atoms with Crippen LogP contribution >= 0.6 is 11.8 Å². The lowest BCUT2D eigenvalue weighted by atomic mass is 10.0. The lowest BCUT2D eigenvalue weighted by Gasteiger charge is -2.04. The SMILES string of the molecule is C#CSCC#Cc1cccc(C(C)C)c1. The molecule has 0 N–H and O–H groups in total. The quantitative estimate of drug-likeness (QED) is 0.536. The topological polar surface area (TPSA) is 0 Å². The number of hydrogen-bond donors (Lipinski definition) is 0. The maximum Gasteiger partial charge on any atom is 0.0674 e. The van der Waals surface area contributed by atoms with Crippen LogP contribution in [0.25, 0.3) is 0 Å². The fraction of sp³-hybridized carbons (Fsp3) is 0.286. The summed E-state index contributed by atoms with van der Waals surface area (Å²) in [6.07, 6.45) is 5.12. The van der Waals surface area contributed by atoms with Crippen molar-refractivity contribution >= 4 is 11.8 Å². The van der Waals surface area contributed by atoms with Gasteiger partial charge in [0.25, 0.3) is 0 Å². The van der Waals surface area contributed by atoms with E-state index >= 15 is 0 Å². The standard InChI is InChI=1S/C14H14S/c1-4-15-10-6-8-13-7-5-9-14(11-13)12(2)3/h1,5,7,9,11-12H,10H2,2-3H3. The van der Waals surface area contributed by atoms with Crippen LogP contribution in [0.15, 0.2) is 24.3 Å². The van der Waals surface area contributed by atoms with Crippen molar-refractivity contribution in [1.29, 1.82) is 0 Å². The predicted octanol–water partition coefficient (Wildman–Crippen LogP) is 3.49. The molecule has 0 bridgehead atoms. The molecule has 0 heterocycles. The first-order valence-electron chi connectivity index (χ1n) is 4.90. The zero-order valence-corrected chi connectivity index (χ0v) is 9.90. The molecule has 0 aliphatic rings. The van der Waals surface area contributed by atoms with E-state index in [1.165, 1.54) is 17.3 Å². The van der Waals surface area contributed by atoms with Crippen molar-refractivity contribution < 1.29 is 0 Å². The summed E-state index contributed by atoms with van der Waals surface area (Å²) in [6.45, 7) is 4.36. The average molecular weight is 214 g/mol. The number of benzene rings is 1. The highest BCUT2D eigenvalue weighted by Gasteiger charge is 1.97. The van der Waals surface area contributed by atoms with E-state index in [0.29, 0.717) is 11.7 Å². The monoisotopic (exact) mass is 214 g/mol. The third-order valence-electron chi connectivity index (χ3n) is 2.01. The zero-order chi connectivity index (χ0) is 11.1. The molecule has 0 radical (unpaired) electrons. The molecule has 15 heavy (non-hydrogen) atoms. The second-order valence-electron chi connectivity index (χ2n) is 3.49. The van der Waals surface area contributed by atoms with E-state index in [1.54, 1.807) is 0 Å². The van der Waals surface area contributed by atoms with E-state index in [9.17, 15) is 0 Å². The van der Waals surface area contributed by atoms with Crippen LogP contribution < -0.4 is 0 Å². The molecule has 1 rings (SSSR count). The molecule has 0 spiro atoms. The summed E-state index contributed by atoms with van der Waals surface area (Å²) in [4.78, 5) is 0. The molecule has 0 fully saturated rings. The van der Waals surface area contributed by atoms with E-state index in [4.69, 9.17) is 6.42 Å². The minimum Gasteiger partial charge on any atom is -0.108 e. The van der Waals surface area contributed by atoms with Gasteiger partial charge in [0.1, 0.15) is 0 Å². The molecule has 0 aliphatic heterocycles. The summed E-state index contributed by atoms with van der Waals surface area (Å²) in [5, 5.41) is 2.50. The van der Waals surface area contributed by atoms with Gasteiger partial charge in [-0.1, -0.05) is 49.6 Å². The van der Waals surface area contributed by atoms with Crippen LogP contribution in [0.4, 0.5) is 0 Å². The second kappa shape index (κ2) is 6.23. The van der Waals surface area contributed by atoms with Gasteiger partial charge in [-0.2, -0.15) is 0 Å². The van der Waals surface area contributed by atoms with Crippen LogP contribution in [0, 0.1) is 23.5 Å². The van der Waals surface area contributed by atoms with Crippen LogP contribution in [0.2, 0.25) is 0 Å². The third-order valence-corrected chi connectivity index (χ3v) is 2.47. The van der Waals surface area contributed by atoms with Crippen LogP contribution in [-0.2, 0) is 0 Å². The van der Waals surface area contributed by atoms with Gasteiger partial charge < -0.3 is 0 Å². The number of terminal acetylenes is 1. The highest BCUT2D eigenvalue weighted by molar-refractivity contribution is 8.04. The normalized spacial score (nSPS) is 9.20. The Morgan fingerprint density at radius 3 is 2.87 bits per heavy atom. The Hall–Kier alpha value is -1.31. The second-order valence-corrected chi connectivity index (χ2v) is 4.30. The van der Waals surface area contributed by atoms with Crippen molar-refractivity contribution in [1.82, 2.24) is 0 Å². The van der Waals surface area contributed by atoms with Crippen LogP contribution in [0.3, 0.4) is 0 Å². The van der Waals surface area contributed by atoms with Gasteiger partial charge in [0.2, 0.25) is 0 Å². The Morgan fingerprint density at radius 1 is 1.40 bits per heavy atom. The fourth-order valence-corrected chi connectivity index (χ4v) is 1.42. The van der Waals surface area contributed by atoms with Gasteiger partial charge in [-0.3, -0.25) is 0 Å². The van der Waals surface area contributed by atoms with Gasteiger partial charge in [0.05, 0.1) is 5.75 Å². The summed E-state index contributed by atoms with van der Waals surface area (Å²) >= 11 is 1.39. The third kappa shape index (κ3) is 4.15. The van der Waals surface area contributed by atoms with Gasteiger partial charge in [0, 0.05) is 5.56 Å². The molecular weight excluding hydrogens is 200 g/mol. The van der Waals surface area contributed by atoms with E-state index in [-0.39, 0.29) is 0 Å². The molecule has 0 aliphatic carbocycles. The number of rotatable bonds is 2. The average Bonchev–Trinajstić information content (AvgIpc) is 2.25. The molecule has 0 nitrogen and oxygen atoms in total. The predicted molar refractivity (Wildman–Crippen MR) is 68.7 cm³/mol. The van der Waals surface area contributed by atoms with Crippen molar-refractivity contribution in [2.24, 2.45) is 0 Å². The highest BCUT2D eigenvalue weighted by atomic mass is 32.2. The summed E-state index contributed by atoms with van der Waals surface area (Å²) < 4.78 is 0. The van der Waals surface area contributed by atoms with Crippen LogP contribution in [0.1, 0.15) is 30.9 Å². The van der Waals surface area contributed by atoms with Crippen molar-refractivity contribution in [3.63, 3.8) is 0 Å². The van der Waals surface area contributed by atoms with Gasteiger partial charge in [-0.25, -0.2) is 0 Å². The molecule has 1 aromatic carbocycles. The molecule has 0 amide bonds. The Labute approximate surface area is 96.5 Å². The summed E-state index contributed by atoms with van der Waals surface area (Å²) in [5.41, 5.74) is 2.39. The van der Waals surface area contributed by atoms with Gasteiger partial charge in [-0.05, 0) is 28.9 Å². The summed E-state index contributed by atoms with van der Waals surface area (Å²) in [7, 11) is 0. The lowest BCUT2D eigenvalue weighted by Crippen LogP contribution is -1.87. The molecule has 0 saturated heterocycles. The van der Waals surface area contributed by atoms with Crippen molar-refractivity contribution in [2.75, 3.05) is 5.75 Å². The number of hydrogen-bond acceptors (Lipinski definition) is 1. The largest absolute Gasteiger partial charge is 0.108 e. The van der Waals surface area contributed by atoms with Gasteiger partial charge in [0.15, 0.2) is 0 Å². The smallest absolute Gasteiger partial charge is 0.0674 e. The maximum atomic E-state index is 5.12. The van der Waals surface area contributed by atoms with E-state index in [2.05, 4.69) is 43.1 Å². The maximum absolute atomic E-state index is 5.12. The van der Waals surface area contributed by atoms with Crippen molar-refractivity contribution in [2.45, 2.75) is 19.8 Å². The Balaban J connectivity index is 2.73. The first-order chi connectivity index (χ1) is 7.24. The number of thioether (sulfide) groups is 1. The van der Waals surface area contributed by atoms with E-state index in [0.717, 1.165) is 5.56 Å².